The van der Waals surface area contributed by atoms with Crippen molar-refractivity contribution in [2.75, 3.05) is 0 Å². The number of nitrogens with zero attached hydrogens (tertiary/aromatic N) is 3. The minimum Gasteiger partial charge on any atom is -0.455 e. The van der Waals surface area contributed by atoms with Crippen LogP contribution in [-0.4, -0.2) is 15.0 Å². The van der Waals surface area contributed by atoms with Gasteiger partial charge in [0.25, 0.3) is 0 Å². The summed E-state index contributed by atoms with van der Waals surface area (Å²) in [5, 5.41) is 6.72. The van der Waals surface area contributed by atoms with E-state index in [2.05, 4.69) is 127 Å². The lowest BCUT2D eigenvalue weighted by Crippen LogP contribution is -2.00. The molecule has 0 saturated carbocycles. The van der Waals surface area contributed by atoms with Gasteiger partial charge in [0.15, 0.2) is 17.5 Å². The molecule has 0 aliphatic rings. The second-order valence-corrected chi connectivity index (χ2v) is 12.8. The zero-order valence-electron chi connectivity index (χ0n) is 27.5. The van der Waals surface area contributed by atoms with E-state index in [1.54, 1.807) is 0 Å². The molecule has 2 aromatic heterocycles. The quantitative estimate of drug-likeness (QED) is 0.174. The highest BCUT2D eigenvalue weighted by atomic mass is 16.3. The van der Waals surface area contributed by atoms with Crippen LogP contribution in [0, 0.1) is 0 Å². The summed E-state index contributed by atoms with van der Waals surface area (Å²) in [6.45, 7) is 0. The van der Waals surface area contributed by atoms with E-state index < -0.39 is 0 Å². The maximum Gasteiger partial charge on any atom is 0.164 e. The van der Waals surface area contributed by atoms with Crippen molar-refractivity contribution >= 4 is 43.5 Å². The Morgan fingerprint density at radius 2 is 0.824 bits per heavy atom. The molecular weight excluding hydrogens is 623 g/mol. The SMILES string of the molecule is c1ccc(-c2nc(-c3cccc(-c4ccccc4-c4ccccc4)c3)nc(-c3ccc4c5ccccc5c5oc6ccccc6c5c4c3)n2)cc1. The normalized spacial score (nSPS) is 11.5. The van der Waals surface area contributed by atoms with E-state index in [4.69, 9.17) is 19.4 Å². The monoisotopic (exact) mass is 651 g/mol. The molecule has 0 saturated heterocycles. The van der Waals surface area contributed by atoms with Crippen molar-refractivity contribution in [1.29, 1.82) is 0 Å². The summed E-state index contributed by atoms with van der Waals surface area (Å²) in [7, 11) is 0. The summed E-state index contributed by atoms with van der Waals surface area (Å²) in [5.41, 5.74) is 9.14. The summed E-state index contributed by atoms with van der Waals surface area (Å²) >= 11 is 0. The second kappa shape index (κ2) is 11.9. The fraction of sp³-hybridized carbons (Fsp3) is 0. The summed E-state index contributed by atoms with van der Waals surface area (Å²) in [6.07, 6.45) is 0. The summed E-state index contributed by atoms with van der Waals surface area (Å²) in [6, 6.07) is 60.9. The molecule has 0 amide bonds. The summed E-state index contributed by atoms with van der Waals surface area (Å²) in [4.78, 5) is 15.3. The van der Waals surface area contributed by atoms with Crippen molar-refractivity contribution in [2.24, 2.45) is 0 Å². The first-order valence-corrected chi connectivity index (χ1v) is 17.1. The molecule has 0 spiro atoms. The average Bonchev–Trinajstić information content (AvgIpc) is 3.62. The summed E-state index contributed by atoms with van der Waals surface area (Å²) in [5.74, 6) is 1.86. The maximum atomic E-state index is 6.52. The molecule has 0 bridgehead atoms. The highest BCUT2D eigenvalue weighted by Crippen LogP contribution is 2.42. The van der Waals surface area contributed by atoms with Gasteiger partial charge in [-0.25, -0.2) is 15.0 Å². The molecule has 8 aromatic carbocycles. The molecule has 2 heterocycles. The lowest BCUT2D eigenvalue weighted by molar-refractivity contribution is 0.673. The number of benzene rings is 8. The molecule has 238 valence electrons. The molecule has 0 aliphatic heterocycles. The summed E-state index contributed by atoms with van der Waals surface area (Å²) < 4.78 is 6.52. The van der Waals surface area contributed by atoms with Gasteiger partial charge in [0.05, 0.1) is 0 Å². The molecule has 0 fully saturated rings. The third-order valence-electron chi connectivity index (χ3n) is 9.72. The average molecular weight is 652 g/mol. The van der Waals surface area contributed by atoms with Gasteiger partial charge >= 0.3 is 0 Å². The maximum absolute atomic E-state index is 6.52. The number of hydrogen-bond donors (Lipinski definition) is 0. The lowest BCUT2D eigenvalue weighted by Gasteiger charge is -2.13. The number of furan rings is 1. The first-order chi connectivity index (χ1) is 25.3. The van der Waals surface area contributed by atoms with E-state index in [9.17, 15) is 0 Å². The van der Waals surface area contributed by atoms with Crippen molar-refractivity contribution in [3.63, 3.8) is 0 Å². The van der Waals surface area contributed by atoms with E-state index >= 15 is 0 Å². The number of aromatic nitrogens is 3. The Morgan fingerprint density at radius 1 is 0.314 bits per heavy atom. The molecule has 0 unspecified atom stereocenters. The second-order valence-electron chi connectivity index (χ2n) is 12.8. The first-order valence-electron chi connectivity index (χ1n) is 17.1. The van der Waals surface area contributed by atoms with Crippen molar-refractivity contribution in [3.8, 4) is 56.4 Å². The third-order valence-corrected chi connectivity index (χ3v) is 9.72. The smallest absolute Gasteiger partial charge is 0.164 e. The molecule has 4 heteroatoms. The van der Waals surface area contributed by atoms with Gasteiger partial charge in [-0.15, -0.1) is 0 Å². The molecule has 0 N–H and O–H groups in total. The van der Waals surface area contributed by atoms with Crippen molar-refractivity contribution in [3.05, 3.63) is 176 Å². The minimum absolute atomic E-state index is 0.616. The molecule has 51 heavy (non-hydrogen) atoms. The standard InChI is InChI=1S/C47H29N3O/c1-3-14-30(15-4-1)35-20-7-8-21-36(35)32-18-13-19-33(28-32)46-48-45(31-16-5-2-6-17-31)49-47(50-46)34-26-27-38-37-22-9-10-23-39(37)44-43(41(38)29-34)40-24-11-12-25-42(40)51-44/h1-29H. The highest BCUT2D eigenvalue weighted by molar-refractivity contribution is 6.30. The third kappa shape index (κ3) is 4.96. The van der Waals surface area contributed by atoms with Crippen molar-refractivity contribution < 1.29 is 4.42 Å². The Morgan fingerprint density at radius 3 is 1.57 bits per heavy atom. The van der Waals surface area contributed by atoms with Crippen LogP contribution in [0.4, 0.5) is 0 Å². The topological polar surface area (TPSA) is 51.8 Å². The van der Waals surface area contributed by atoms with Crippen LogP contribution in [0.2, 0.25) is 0 Å². The minimum atomic E-state index is 0.616. The number of fused-ring (bicyclic) bond motifs is 8. The molecule has 0 atom stereocenters. The van der Waals surface area contributed by atoms with Gasteiger partial charge in [0.1, 0.15) is 11.2 Å². The van der Waals surface area contributed by atoms with Gasteiger partial charge in [-0.05, 0) is 56.6 Å². The van der Waals surface area contributed by atoms with Crippen LogP contribution in [0.5, 0.6) is 0 Å². The van der Waals surface area contributed by atoms with E-state index in [0.717, 1.165) is 71.3 Å². The fourth-order valence-corrected chi connectivity index (χ4v) is 7.32. The Labute approximate surface area is 294 Å². The lowest BCUT2D eigenvalue weighted by atomic mass is 9.93. The Kier molecular flexibility index (Phi) is 6.78. The zero-order chi connectivity index (χ0) is 33.7. The van der Waals surface area contributed by atoms with Gasteiger partial charge in [-0.1, -0.05) is 158 Å². The van der Waals surface area contributed by atoms with Crippen LogP contribution in [0.1, 0.15) is 0 Å². The Hall–Kier alpha value is -6.91. The predicted molar refractivity (Wildman–Crippen MR) is 209 cm³/mol. The first kappa shape index (κ1) is 29.0. The highest BCUT2D eigenvalue weighted by Gasteiger charge is 2.18. The van der Waals surface area contributed by atoms with E-state index in [1.165, 1.54) is 11.1 Å². The molecule has 0 radical (unpaired) electrons. The number of hydrogen-bond acceptors (Lipinski definition) is 4. The Balaban J connectivity index is 1.18. The van der Waals surface area contributed by atoms with Gasteiger partial charge < -0.3 is 4.42 Å². The van der Waals surface area contributed by atoms with Gasteiger partial charge in [0, 0.05) is 32.8 Å². The number of para-hydroxylation sites is 1. The molecular formula is C47H29N3O. The van der Waals surface area contributed by atoms with Crippen LogP contribution in [0.25, 0.3) is 99.9 Å². The fourth-order valence-electron chi connectivity index (χ4n) is 7.32. The molecule has 4 nitrogen and oxygen atoms in total. The Bertz CT molecular complexity index is 2910. The van der Waals surface area contributed by atoms with Gasteiger partial charge in [-0.3, -0.25) is 0 Å². The van der Waals surface area contributed by atoms with E-state index in [-0.39, 0.29) is 0 Å². The van der Waals surface area contributed by atoms with E-state index in [1.807, 2.05) is 48.5 Å². The van der Waals surface area contributed by atoms with Crippen molar-refractivity contribution in [2.45, 2.75) is 0 Å². The zero-order valence-corrected chi connectivity index (χ0v) is 27.5. The van der Waals surface area contributed by atoms with Crippen LogP contribution >= 0.6 is 0 Å². The largest absolute Gasteiger partial charge is 0.455 e. The number of rotatable bonds is 5. The van der Waals surface area contributed by atoms with Gasteiger partial charge in [-0.2, -0.15) is 0 Å². The van der Waals surface area contributed by atoms with Gasteiger partial charge in [0.2, 0.25) is 0 Å². The van der Waals surface area contributed by atoms with Crippen LogP contribution in [0.3, 0.4) is 0 Å². The predicted octanol–water partition coefficient (Wildman–Crippen LogP) is 12.4. The van der Waals surface area contributed by atoms with Crippen LogP contribution in [-0.2, 0) is 0 Å². The van der Waals surface area contributed by atoms with Crippen molar-refractivity contribution in [1.82, 2.24) is 15.0 Å². The van der Waals surface area contributed by atoms with Crippen LogP contribution in [0.15, 0.2) is 180 Å². The molecule has 10 aromatic rings. The van der Waals surface area contributed by atoms with Crippen LogP contribution < -0.4 is 0 Å². The molecule has 0 aliphatic carbocycles. The van der Waals surface area contributed by atoms with E-state index in [0.29, 0.717) is 17.5 Å². The molecule has 10 rings (SSSR count).